The van der Waals surface area contributed by atoms with Gasteiger partial charge in [-0.3, -0.25) is 4.90 Å². The fourth-order valence-corrected chi connectivity index (χ4v) is 3.56. The zero-order valence-electron chi connectivity index (χ0n) is 14.4. The first-order valence-corrected chi connectivity index (χ1v) is 9.21. The Hall–Kier alpha value is -2.02. The molecule has 3 heterocycles. The quantitative estimate of drug-likeness (QED) is 0.678. The van der Waals surface area contributed by atoms with Crippen LogP contribution in [0.4, 0.5) is 5.95 Å². The van der Waals surface area contributed by atoms with Crippen molar-refractivity contribution in [3.05, 3.63) is 52.7 Å². The number of anilines is 1. The van der Waals surface area contributed by atoms with Gasteiger partial charge < -0.3 is 13.9 Å². The Morgan fingerprint density at radius 3 is 2.65 bits per heavy atom. The van der Waals surface area contributed by atoms with E-state index >= 15 is 0 Å². The molecule has 26 heavy (non-hydrogen) atoms. The van der Waals surface area contributed by atoms with Crippen LogP contribution in [0.3, 0.4) is 0 Å². The Morgan fingerprint density at radius 2 is 1.92 bits per heavy atom. The van der Waals surface area contributed by atoms with Gasteiger partial charge in [0.2, 0.25) is 11.8 Å². The summed E-state index contributed by atoms with van der Waals surface area (Å²) in [6, 6.07) is 5.48. The maximum absolute atomic E-state index is 6.26. The van der Waals surface area contributed by atoms with E-state index in [1.54, 1.807) is 12.3 Å². The molecule has 1 aliphatic rings. The number of piperazine rings is 1. The van der Waals surface area contributed by atoms with Gasteiger partial charge >= 0.3 is 0 Å². The lowest BCUT2D eigenvalue weighted by molar-refractivity contribution is 0.226. The van der Waals surface area contributed by atoms with E-state index in [0.717, 1.165) is 37.7 Å². The second-order valence-corrected chi connectivity index (χ2v) is 7.11. The smallest absolute Gasteiger partial charge is 0.209 e. The van der Waals surface area contributed by atoms with E-state index in [9.17, 15) is 0 Å². The van der Waals surface area contributed by atoms with Crippen LogP contribution in [0.15, 0.2) is 41.2 Å². The molecule has 3 aromatic rings. The van der Waals surface area contributed by atoms with E-state index in [1.807, 2.05) is 36.1 Å². The van der Waals surface area contributed by atoms with Gasteiger partial charge in [-0.15, -0.1) is 0 Å². The van der Waals surface area contributed by atoms with Gasteiger partial charge in [0.05, 0.1) is 22.8 Å². The molecular weight excluding hydrogens is 373 g/mol. The van der Waals surface area contributed by atoms with Crippen molar-refractivity contribution in [2.24, 2.45) is 7.05 Å². The molecule has 0 atom stereocenters. The van der Waals surface area contributed by atoms with Gasteiger partial charge in [-0.2, -0.15) is 0 Å². The van der Waals surface area contributed by atoms with Crippen LogP contribution >= 0.6 is 23.2 Å². The molecule has 0 saturated carbocycles. The number of aromatic nitrogens is 3. The van der Waals surface area contributed by atoms with E-state index < -0.39 is 0 Å². The molecule has 1 aromatic carbocycles. The molecule has 0 spiro atoms. The van der Waals surface area contributed by atoms with Crippen LogP contribution < -0.4 is 4.90 Å². The maximum Gasteiger partial charge on any atom is 0.209 e. The number of aryl methyl sites for hydroxylation is 1. The van der Waals surface area contributed by atoms with Crippen LogP contribution in [-0.4, -0.2) is 45.6 Å². The number of rotatable bonds is 4. The minimum atomic E-state index is 0.487. The minimum absolute atomic E-state index is 0.487. The summed E-state index contributed by atoms with van der Waals surface area (Å²) < 4.78 is 7.95. The molecule has 1 saturated heterocycles. The number of oxazole rings is 1. The highest BCUT2D eigenvalue weighted by atomic mass is 35.5. The monoisotopic (exact) mass is 391 g/mol. The topological polar surface area (TPSA) is 50.3 Å². The van der Waals surface area contributed by atoms with E-state index in [2.05, 4.69) is 19.8 Å². The van der Waals surface area contributed by atoms with Crippen molar-refractivity contribution in [3.8, 4) is 11.3 Å². The fourth-order valence-electron chi connectivity index (χ4n) is 3.16. The Balaban J connectivity index is 1.40. The molecule has 0 unspecified atom stereocenters. The molecular formula is C18H19Cl2N5O. The largest absolute Gasteiger partial charge is 0.439 e. The summed E-state index contributed by atoms with van der Waals surface area (Å²) in [5.41, 5.74) is 0.762. The van der Waals surface area contributed by atoms with Gasteiger partial charge in [0, 0.05) is 51.2 Å². The van der Waals surface area contributed by atoms with Crippen LogP contribution in [0.1, 0.15) is 5.89 Å². The lowest BCUT2D eigenvalue weighted by Crippen LogP contribution is -2.46. The lowest BCUT2D eigenvalue weighted by Gasteiger charge is -2.34. The highest BCUT2D eigenvalue weighted by molar-refractivity contribution is 6.43. The molecule has 1 aliphatic heterocycles. The molecule has 136 valence electrons. The van der Waals surface area contributed by atoms with Crippen LogP contribution in [0.5, 0.6) is 0 Å². The fraction of sp³-hybridized carbons (Fsp3) is 0.333. The Labute approximate surface area is 162 Å². The number of hydrogen-bond donors (Lipinski definition) is 0. The van der Waals surface area contributed by atoms with E-state index in [1.165, 1.54) is 0 Å². The predicted octanol–water partition coefficient (Wildman–Crippen LogP) is 3.70. The third kappa shape index (κ3) is 3.45. The summed E-state index contributed by atoms with van der Waals surface area (Å²) in [6.07, 6.45) is 5.50. The summed E-state index contributed by atoms with van der Waals surface area (Å²) in [5.74, 6) is 2.33. The molecule has 1 fully saturated rings. The van der Waals surface area contributed by atoms with E-state index in [-0.39, 0.29) is 0 Å². The number of hydrogen-bond acceptors (Lipinski definition) is 5. The normalized spacial score (nSPS) is 15.6. The molecule has 4 rings (SSSR count). The SMILES string of the molecule is Cn1ccnc1N1CCN(Cc2ncc(-c3cccc(Cl)c3Cl)o2)CC1. The zero-order valence-corrected chi connectivity index (χ0v) is 15.9. The molecule has 0 bridgehead atoms. The van der Waals surface area contributed by atoms with Crippen molar-refractivity contribution in [2.75, 3.05) is 31.1 Å². The third-order valence-electron chi connectivity index (χ3n) is 4.58. The number of imidazole rings is 1. The van der Waals surface area contributed by atoms with Crippen LogP contribution in [0, 0.1) is 0 Å². The Morgan fingerprint density at radius 1 is 1.12 bits per heavy atom. The molecule has 0 radical (unpaired) electrons. The highest BCUT2D eigenvalue weighted by Crippen LogP contribution is 2.33. The van der Waals surface area contributed by atoms with Crippen LogP contribution in [-0.2, 0) is 13.6 Å². The van der Waals surface area contributed by atoms with Gasteiger partial charge in [-0.25, -0.2) is 9.97 Å². The summed E-state index contributed by atoms with van der Waals surface area (Å²) in [6.45, 7) is 4.40. The van der Waals surface area contributed by atoms with Gasteiger partial charge in [-0.1, -0.05) is 29.3 Å². The number of halogens is 2. The molecule has 8 heteroatoms. The standard InChI is InChI=1S/C18H19Cl2N5O/c1-23-6-5-21-18(23)25-9-7-24(8-10-25)12-16-22-11-15(26-16)13-3-2-4-14(19)17(13)20/h2-6,11H,7-10,12H2,1H3. The maximum atomic E-state index is 6.26. The molecule has 0 N–H and O–H groups in total. The second-order valence-electron chi connectivity index (χ2n) is 6.32. The summed E-state index contributed by atoms with van der Waals surface area (Å²) >= 11 is 12.3. The van der Waals surface area contributed by atoms with Crippen molar-refractivity contribution in [1.29, 1.82) is 0 Å². The Kier molecular flexibility index (Phi) is 4.89. The van der Waals surface area contributed by atoms with E-state index in [0.29, 0.717) is 28.2 Å². The second kappa shape index (κ2) is 7.31. The van der Waals surface area contributed by atoms with Gasteiger partial charge in [0.1, 0.15) is 0 Å². The first-order chi connectivity index (χ1) is 12.6. The van der Waals surface area contributed by atoms with Gasteiger partial charge in [0.15, 0.2) is 5.76 Å². The minimum Gasteiger partial charge on any atom is -0.439 e. The van der Waals surface area contributed by atoms with Crippen molar-refractivity contribution in [3.63, 3.8) is 0 Å². The number of benzene rings is 1. The third-order valence-corrected chi connectivity index (χ3v) is 5.40. The molecule has 0 aliphatic carbocycles. The summed E-state index contributed by atoms with van der Waals surface area (Å²) in [5, 5.41) is 0.994. The predicted molar refractivity (Wildman–Crippen MR) is 103 cm³/mol. The van der Waals surface area contributed by atoms with Crippen LogP contribution in [0.25, 0.3) is 11.3 Å². The average molecular weight is 392 g/mol. The van der Waals surface area contributed by atoms with Crippen LogP contribution in [0.2, 0.25) is 10.0 Å². The first kappa shape index (κ1) is 17.4. The average Bonchev–Trinajstić information content (AvgIpc) is 3.27. The highest BCUT2D eigenvalue weighted by Gasteiger charge is 2.21. The lowest BCUT2D eigenvalue weighted by atomic mass is 10.2. The van der Waals surface area contributed by atoms with Crippen molar-refractivity contribution >= 4 is 29.2 Å². The summed E-state index contributed by atoms with van der Waals surface area (Å²) in [4.78, 5) is 13.4. The van der Waals surface area contributed by atoms with Gasteiger partial charge in [0.25, 0.3) is 0 Å². The van der Waals surface area contributed by atoms with Crippen molar-refractivity contribution < 1.29 is 4.42 Å². The van der Waals surface area contributed by atoms with E-state index in [4.69, 9.17) is 27.6 Å². The molecule has 0 amide bonds. The Bertz CT molecular complexity index is 899. The van der Waals surface area contributed by atoms with Gasteiger partial charge in [-0.05, 0) is 12.1 Å². The van der Waals surface area contributed by atoms with Crippen molar-refractivity contribution in [1.82, 2.24) is 19.4 Å². The molecule has 2 aromatic heterocycles. The molecule has 6 nitrogen and oxygen atoms in total. The summed E-state index contributed by atoms with van der Waals surface area (Å²) in [7, 11) is 2.02. The van der Waals surface area contributed by atoms with Crippen molar-refractivity contribution in [2.45, 2.75) is 6.54 Å². The first-order valence-electron chi connectivity index (χ1n) is 8.45. The number of nitrogens with zero attached hydrogens (tertiary/aromatic N) is 5. The zero-order chi connectivity index (χ0) is 18.1.